The number of aromatic nitrogens is 3. The molecular formula is C23H23N5O3S. The number of esters is 1. The molecule has 0 aromatic carbocycles. The summed E-state index contributed by atoms with van der Waals surface area (Å²) in [4.78, 5) is 30.1. The zero-order valence-corrected chi connectivity index (χ0v) is 18.8. The molecule has 1 N–H and O–H groups in total. The number of carbonyl (C=O) groups is 2. The third kappa shape index (κ3) is 4.55. The van der Waals surface area contributed by atoms with E-state index in [9.17, 15) is 14.9 Å². The van der Waals surface area contributed by atoms with Crippen molar-refractivity contribution in [2.75, 3.05) is 11.9 Å². The summed E-state index contributed by atoms with van der Waals surface area (Å²) in [6.45, 7) is 3.38. The summed E-state index contributed by atoms with van der Waals surface area (Å²) in [7, 11) is 0. The van der Waals surface area contributed by atoms with Gasteiger partial charge in [-0.05, 0) is 63.3 Å². The van der Waals surface area contributed by atoms with E-state index in [0.717, 1.165) is 49.1 Å². The van der Waals surface area contributed by atoms with Gasteiger partial charge in [0.1, 0.15) is 11.1 Å². The maximum absolute atomic E-state index is 12.4. The molecule has 0 unspecified atom stereocenters. The van der Waals surface area contributed by atoms with Crippen LogP contribution in [0.15, 0.2) is 24.4 Å². The highest BCUT2D eigenvalue weighted by Crippen LogP contribution is 2.36. The Morgan fingerprint density at radius 3 is 2.75 bits per heavy atom. The maximum atomic E-state index is 12.4. The van der Waals surface area contributed by atoms with E-state index in [2.05, 4.69) is 21.5 Å². The number of amides is 1. The van der Waals surface area contributed by atoms with Crippen molar-refractivity contribution >= 4 is 28.2 Å². The fraction of sp³-hybridized carbons (Fsp3) is 0.348. The number of fused-ring (bicyclic) bond motifs is 1. The number of pyridine rings is 1. The van der Waals surface area contributed by atoms with Gasteiger partial charge >= 0.3 is 5.97 Å². The first-order valence-corrected chi connectivity index (χ1v) is 11.3. The van der Waals surface area contributed by atoms with Crippen LogP contribution in [0.1, 0.15) is 57.0 Å². The van der Waals surface area contributed by atoms with Crippen molar-refractivity contribution in [3.8, 4) is 11.9 Å². The van der Waals surface area contributed by atoms with E-state index in [1.54, 1.807) is 16.8 Å². The molecule has 32 heavy (non-hydrogen) atoms. The summed E-state index contributed by atoms with van der Waals surface area (Å²) in [5.74, 6) is -0.528. The SMILES string of the molecule is Cc1cc(C)n(-c2ccc(C(=O)OCC(=O)Nc3sc4c(c3C#N)CCCCC4)cn2)n1. The number of hydrogen-bond acceptors (Lipinski definition) is 7. The minimum absolute atomic E-state index is 0.239. The van der Waals surface area contributed by atoms with Crippen LogP contribution in [0.4, 0.5) is 5.00 Å². The number of ether oxygens (including phenoxy) is 1. The predicted octanol–water partition coefficient (Wildman–Crippen LogP) is 3.88. The summed E-state index contributed by atoms with van der Waals surface area (Å²) in [6.07, 6.45) is 6.49. The number of carbonyl (C=O) groups excluding carboxylic acids is 2. The quantitative estimate of drug-likeness (QED) is 0.468. The maximum Gasteiger partial charge on any atom is 0.340 e. The van der Waals surface area contributed by atoms with Crippen LogP contribution in [0.25, 0.3) is 5.82 Å². The Kier molecular flexibility index (Phi) is 6.32. The van der Waals surface area contributed by atoms with Crippen molar-refractivity contribution in [3.05, 3.63) is 57.4 Å². The highest BCUT2D eigenvalue weighted by atomic mass is 32.1. The summed E-state index contributed by atoms with van der Waals surface area (Å²) < 4.78 is 6.83. The van der Waals surface area contributed by atoms with Crippen molar-refractivity contribution in [1.82, 2.24) is 14.8 Å². The van der Waals surface area contributed by atoms with Crippen LogP contribution in [0.3, 0.4) is 0 Å². The van der Waals surface area contributed by atoms with Gasteiger partial charge in [0.25, 0.3) is 5.91 Å². The largest absolute Gasteiger partial charge is 0.452 e. The number of hydrogen-bond donors (Lipinski definition) is 1. The number of thiophene rings is 1. The van der Waals surface area contributed by atoms with E-state index in [-0.39, 0.29) is 5.56 Å². The Morgan fingerprint density at radius 1 is 1.25 bits per heavy atom. The molecule has 0 saturated carbocycles. The summed E-state index contributed by atoms with van der Waals surface area (Å²) in [5.41, 5.74) is 3.64. The fourth-order valence-corrected chi connectivity index (χ4v) is 5.07. The predicted molar refractivity (Wildman–Crippen MR) is 120 cm³/mol. The molecule has 3 aromatic rings. The van der Waals surface area contributed by atoms with Gasteiger partial charge in [0.05, 0.1) is 16.8 Å². The van der Waals surface area contributed by atoms with Gasteiger partial charge in [0.2, 0.25) is 0 Å². The van der Waals surface area contributed by atoms with Gasteiger partial charge in [-0.2, -0.15) is 10.4 Å². The lowest BCUT2D eigenvalue weighted by atomic mass is 10.1. The van der Waals surface area contributed by atoms with Crippen molar-refractivity contribution in [1.29, 1.82) is 5.26 Å². The molecule has 0 bridgehead atoms. The molecule has 1 aliphatic carbocycles. The van der Waals surface area contributed by atoms with E-state index in [4.69, 9.17) is 4.74 Å². The fourth-order valence-electron chi connectivity index (χ4n) is 3.82. The molecule has 0 atom stereocenters. The molecule has 0 spiro atoms. The van der Waals surface area contributed by atoms with Crippen LogP contribution < -0.4 is 5.32 Å². The first kappa shape index (κ1) is 21.7. The lowest BCUT2D eigenvalue weighted by Crippen LogP contribution is -2.21. The molecular weight excluding hydrogens is 426 g/mol. The molecule has 1 aliphatic rings. The highest BCUT2D eigenvalue weighted by molar-refractivity contribution is 7.16. The molecule has 0 saturated heterocycles. The van der Waals surface area contributed by atoms with Gasteiger partial charge in [-0.25, -0.2) is 14.5 Å². The van der Waals surface area contributed by atoms with Gasteiger partial charge in [-0.1, -0.05) is 6.42 Å². The lowest BCUT2D eigenvalue weighted by Gasteiger charge is -2.07. The molecule has 3 heterocycles. The number of nitriles is 1. The van der Waals surface area contributed by atoms with E-state index >= 15 is 0 Å². The smallest absolute Gasteiger partial charge is 0.340 e. The summed E-state index contributed by atoms with van der Waals surface area (Å²) in [5, 5.41) is 17.2. The number of aryl methyl sites for hydroxylation is 3. The second-order valence-corrected chi connectivity index (χ2v) is 8.85. The average Bonchev–Trinajstić information content (AvgIpc) is 3.19. The zero-order valence-electron chi connectivity index (χ0n) is 18.0. The average molecular weight is 450 g/mol. The highest BCUT2D eigenvalue weighted by Gasteiger charge is 2.21. The van der Waals surface area contributed by atoms with Crippen LogP contribution in [0, 0.1) is 25.2 Å². The van der Waals surface area contributed by atoms with E-state index in [0.29, 0.717) is 16.4 Å². The van der Waals surface area contributed by atoms with Crippen LogP contribution >= 0.6 is 11.3 Å². The Morgan fingerprint density at radius 2 is 2.06 bits per heavy atom. The second kappa shape index (κ2) is 9.32. The molecule has 4 rings (SSSR count). The zero-order chi connectivity index (χ0) is 22.7. The normalized spacial score (nSPS) is 13.0. The monoisotopic (exact) mass is 449 g/mol. The molecule has 8 nitrogen and oxygen atoms in total. The molecule has 0 fully saturated rings. The molecule has 9 heteroatoms. The minimum Gasteiger partial charge on any atom is -0.452 e. The van der Waals surface area contributed by atoms with Crippen molar-refractivity contribution in [3.63, 3.8) is 0 Å². The van der Waals surface area contributed by atoms with Crippen molar-refractivity contribution in [2.24, 2.45) is 0 Å². The molecule has 164 valence electrons. The Labute approximate surface area is 189 Å². The van der Waals surface area contributed by atoms with Crippen LogP contribution in [-0.2, 0) is 22.4 Å². The summed E-state index contributed by atoms with van der Waals surface area (Å²) in [6, 6.07) is 7.42. The lowest BCUT2D eigenvalue weighted by molar-refractivity contribution is -0.119. The molecule has 0 radical (unpaired) electrons. The van der Waals surface area contributed by atoms with Gasteiger partial charge in [-0.3, -0.25) is 4.79 Å². The van der Waals surface area contributed by atoms with Gasteiger partial charge in [0, 0.05) is 16.8 Å². The standard InChI is InChI=1S/C23H23N5O3S/c1-14-10-15(2)28(27-14)20-9-8-16(12-25-20)23(30)31-13-21(29)26-22-18(11-24)17-6-4-3-5-7-19(17)32-22/h8-10,12H,3-7,13H2,1-2H3,(H,26,29). The van der Waals surface area contributed by atoms with Crippen LogP contribution in [0.2, 0.25) is 0 Å². The van der Waals surface area contributed by atoms with E-state index < -0.39 is 18.5 Å². The Hall–Kier alpha value is -3.51. The minimum atomic E-state index is -0.643. The Bertz CT molecular complexity index is 1200. The Balaban J connectivity index is 1.37. The van der Waals surface area contributed by atoms with Crippen LogP contribution in [-0.4, -0.2) is 33.2 Å². The first-order valence-electron chi connectivity index (χ1n) is 10.5. The first-order chi connectivity index (χ1) is 15.5. The van der Waals surface area contributed by atoms with E-state index in [1.807, 2.05) is 19.9 Å². The number of rotatable bonds is 5. The van der Waals surface area contributed by atoms with Gasteiger partial charge in [0.15, 0.2) is 12.4 Å². The van der Waals surface area contributed by atoms with Crippen molar-refractivity contribution < 1.29 is 14.3 Å². The van der Waals surface area contributed by atoms with Crippen molar-refractivity contribution in [2.45, 2.75) is 46.0 Å². The third-order valence-corrected chi connectivity index (χ3v) is 6.54. The third-order valence-electron chi connectivity index (χ3n) is 5.33. The number of nitrogens with zero attached hydrogens (tertiary/aromatic N) is 4. The molecule has 0 aliphatic heterocycles. The topological polar surface area (TPSA) is 110 Å². The van der Waals surface area contributed by atoms with Gasteiger partial charge < -0.3 is 10.1 Å². The summed E-state index contributed by atoms with van der Waals surface area (Å²) >= 11 is 1.45. The molecule has 3 aromatic heterocycles. The van der Waals surface area contributed by atoms with E-state index in [1.165, 1.54) is 22.4 Å². The van der Waals surface area contributed by atoms with Gasteiger partial charge in [-0.15, -0.1) is 11.3 Å². The van der Waals surface area contributed by atoms with Crippen LogP contribution in [0.5, 0.6) is 0 Å². The number of nitrogens with one attached hydrogen (secondary N) is 1. The molecule has 1 amide bonds. The second-order valence-electron chi connectivity index (χ2n) is 7.75. The number of anilines is 1.